The van der Waals surface area contributed by atoms with Gasteiger partial charge >= 0.3 is 5.97 Å². The van der Waals surface area contributed by atoms with Crippen molar-refractivity contribution >= 4 is 21.9 Å². The van der Waals surface area contributed by atoms with E-state index in [1.807, 2.05) is 0 Å². The fourth-order valence-corrected chi connectivity index (χ4v) is 1.54. The Kier molecular flexibility index (Phi) is 4.23. The van der Waals surface area contributed by atoms with Crippen LogP contribution in [0.3, 0.4) is 0 Å². The zero-order chi connectivity index (χ0) is 11.4. The predicted octanol–water partition coefficient (Wildman–Crippen LogP) is 1.99. The van der Waals surface area contributed by atoms with Crippen LogP contribution in [-0.4, -0.2) is 21.2 Å². The molecule has 0 saturated heterocycles. The molecule has 0 fully saturated rings. The Hall–Kier alpha value is -0.940. The molecular formula is C10H12BrNO3. The lowest BCUT2D eigenvalue weighted by Gasteiger charge is -2.16. The number of pyridine rings is 1. The second-order valence-corrected chi connectivity index (χ2v) is 4.11. The molecule has 0 aliphatic heterocycles. The van der Waals surface area contributed by atoms with Crippen molar-refractivity contribution in [1.82, 2.24) is 4.98 Å². The first-order valence-corrected chi connectivity index (χ1v) is 5.38. The second kappa shape index (κ2) is 5.23. The maximum atomic E-state index is 10.8. The molecule has 0 bridgehead atoms. The van der Waals surface area contributed by atoms with Gasteiger partial charge in [0.05, 0.1) is 11.6 Å². The van der Waals surface area contributed by atoms with E-state index in [1.54, 1.807) is 19.1 Å². The van der Waals surface area contributed by atoms with Gasteiger partial charge in [0.25, 0.3) is 0 Å². The minimum absolute atomic E-state index is 0.369. The normalized spacial score (nSPS) is 14.6. The molecule has 82 valence electrons. The van der Waals surface area contributed by atoms with E-state index in [-0.39, 0.29) is 0 Å². The van der Waals surface area contributed by atoms with Gasteiger partial charge in [0, 0.05) is 10.7 Å². The van der Waals surface area contributed by atoms with E-state index in [0.29, 0.717) is 12.1 Å². The van der Waals surface area contributed by atoms with Gasteiger partial charge in [0.15, 0.2) is 0 Å². The van der Waals surface area contributed by atoms with Crippen LogP contribution in [0.4, 0.5) is 0 Å². The Morgan fingerprint density at radius 1 is 1.60 bits per heavy atom. The summed E-state index contributed by atoms with van der Waals surface area (Å²) in [6, 6.07) is 3.33. The number of carboxylic acids is 1. The van der Waals surface area contributed by atoms with E-state index in [4.69, 9.17) is 5.11 Å². The second-order valence-electron chi connectivity index (χ2n) is 3.20. The number of halogens is 1. The number of hydrogen-bond acceptors (Lipinski definition) is 3. The quantitative estimate of drug-likeness (QED) is 0.880. The molecule has 1 aromatic rings. The molecule has 4 nitrogen and oxygen atoms in total. The minimum atomic E-state index is -1.05. The molecule has 5 heteroatoms. The molecule has 0 spiro atoms. The molecule has 0 radical (unpaired) electrons. The van der Waals surface area contributed by atoms with Gasteiger partial charge in [0.1, 0.15) is 6.10 Å². The number of hydrogen-bond donors (Lipinski definition) is 2. The number of nitrogens with zero attached hydrogens (tertiary/aromatic N) is 1. The van der Waals surface area contributed by atoms with Crippen LogP contribution >= 0.6 is 15.9 Å². The third-order valence-corrected chi connectivity index (χ3v) is 2.66. The average Bonchev–Trinajstić information content (AvgIpc) is 2.19. The molecule has 1 aromatic heterocycles. The lowest BCUT2D eigenvalue weighted by Crippen LogP contribution is -2.21. The van der Waals surface area contributed by atoms with Gasteiger partial charge in [-0.3, -0.25) is 9.78 Å². The lowest BCUT2D eigenvalue weighted by molar-refractivity contribution is -0.146. The van der Waals surface area contributed by atoms with Crippen LogP contribution < -0.4 is 0 Å². The van der Waals surface area contributed by atoms with Crippen molar-refractivity contribution in [3.63, 3.8) is 0 Å². The smallest absolute Gasteiger partial charge is 0.309 e. The van der Waals surface area contributed by atoms with Crippen LogP contribution in [0, 0.1) is 5.92 Å². The predicted molar refractivity (Wildman–Crippen MR) is 58.3 cm³/mol. The van der Waals surface area contributed by atoms with Gasteiger partial charge in [0.2, 0.25) is 0 Å². The first-order valence-electron chi connectivity index (χ1n) is 4.58. The van der Waals surface area contributed by atoms with Crippen molar-refractivity contribution in [1.29, 1.82) is 0 Å². The van der Waals surface area contributed by atoms with Crippen LogP contribution in [0.15, 0.2) is 22.8 Å². The molecule has 2 unspecified atom stereocenters. The highest BCUT2D eigenvalue weighted by molar-refractivity contribution is 9.10. The molecular weight excluding hydrogens is 262 g/mol. The third-order valence-electron chi connectivity index (χ3n) is 2.19. The number of carbonyl (C=O) groups is 1. The largest absolute Gasteiger partial charge is 0.481 e. The van der Waals surface area contributed by atoms with Crippen LogP contribution in [0.5, 0.6) is 0 Å². The number of rotatable bonds is 4. The minimum Gasteiger partial charge on any atom is -0.481 e. The van der Waals surface area contributed by atoms with E-state index in [1.165, 1.54) is 6.20 Å². The van der Waals surface area contributed by atoms with Crippen molar-refractivity contribution in [3.8, 4) is 0 Å². The molecule has 0 aromatic carbocycles. The Morgan fingerprint density at radius 2 is 2.27 bits per heavy atom. The lowest BCUT2D eigenvalue weighted by atomic mass is 9.97. The number of aliphatic hydroxyl groups excluding tert-OH is 1. The summed E-state index contributed by atoms with van der Waals surface area (Å²) >= 11 is 3.22. The summed E-state index contributed by atoms with van der Waals surface area (Å²) in [6.45, 7) is 1.72. The molecule has 15 heavy (non-hydrogen) atoms. The molecule has 0 saturated carbocycles. The van der Waals surface area contributed by atoms with E-state index in [9.17, 15) is 9.90 Å². The Balaban J connectivity index is 2.87. The average molecular weight is 274 g/mol. The molecule has 2 N–H and O–H groups in total. The summed E-state index contributed by atoms with van der Waals surface area (Å²) < 4.78 is 0.793. The van der Waals surface area contributed by atoms with Crippen molar-refractivity contribution in [2.75, 3.05) is 0 Å². The van der Waals surface area contributed by atoms with Gasteiger partial charge < -0.3 is 10.2 Å². The van der Waals surface area contributed by atoms with Crippen LogP contribution in [-0.2, 0) is 4.79 Å². The van der Waals surface area contributed by atoms with Crippen LogP contribution in [0.1, 0.15) is 25.1 Å². The summed E-state index contributed by atoms with van der Waals surface area (Å²) in [6.07, 6.45) is 0.849. The fraction of sp³-hybridized carbons (Fsp3) is 0.400. The van der Waals surface area contributed by atoms with Gasteiger partial charge in [-0.2, -0.15) is 0 Å². The molecule has 0 amide bonds. The number of aromatic nitrogens is 1. The monoisotopic (exact) mass is 273 g/mol. The van der Waals surface area contributed by atoms with Crippen LogP contribution in [0.25, 0.3) is 0 Å². The Labute approximate surface area is 96.1 Å². The fourth-order valence-electron chi connectivity index (χ4n) is 1.30. The van der Waals surface area contributed by atoms with Crippen molar-refractivity contribution < 1.29 is 15.0 Å². The molecule has 1 rings (SSSR count). The standard InChI is InChI=1S/C10H12BrNO3/c1-2-7(10(14)15)9(13)8-4-3-6(11)5-12-8/h3-5,7,9,13H,2H2,1H3,(H,14,15). The van der Waals surface area contributed by atoms with Crippen LogP contribution in [0.2, 0.25) is 0 Å². The van der Waals surface area contributed by atoms with E-state index in [2.05, 4.69) is 20.9 Å². The summed E-state index contributed by atoms with van der Waals surface area (Å²) in [4.78, 5) is 14.8. The summed E-state index contributed by atoms with van der Waals surface area (Å²) in [5, 5.41) is 18.6. The van der Waals surface area contributed by atoms with Gasteiger partial charge in [-0.05, 0) is 34.5 Å². The topological polar surface area (TPSA) is 70.4 Å². The Bertz CT molecular complexity index is 339. The zero-order valence-electron chi connectivity index (χ0n) is 8.22. The highest BCUT2D eigenvalue weighted by atomic mass is 79.9. The highest BCUT2D eigenvalue weighted by Gasteiger charge is 2.26. The van der Waals surface area contributed by atoms with E-state index >= 15 is 0 Å². The van der Waals surface area contributed by atoms with E-state index in [0.717, 1.165) is 4.47 Å². The summed E-state index contributed by atoms with van der Waals surface area (Å²) in [5.41, 5.74) is 0.382. The van der Waals surface area contributed by atoms with Crippen molar-refractivity contribution in [2.24, 2.45) is 5.92 Å². The summed E-state index contributed by atoms with van der Waals surface area (Å²) in [5.74, 6) is -1.81. The number of aliphatic hydroxyl groups is 1. The SMILES string of the molecule is CCC(C(=O)O)C(O)c1ccc(Br)cn1. The third kappa shape index (κ3) is 3.00. The summed E-state index contributed by atoms with van der Waals surface area (Å²) in [7, 11) is 0. The number of aliphatic carboxylic acids is 1. The Morgan fingerprint density at radius 3 is 2.67 bits per heavy atom. The van der Waals surface area contributed by atoms with Crippen molar-refractivity contribution in [2.45, 2.75) is 19.4 Å². The molecule has 1 heterocycles. The first kappa shape index (κ1) is 12.1. The van der Waals surface area contributed by atoms with Gasteiger partial charge in [-0.25, -0.2) is 0 Å². The number of carboxylic acid groups (broad SMARTS) is 1. The van der Waals surface area contributed by atoms with E-state index < -0.39 is 18.0 Å². The first-order chi connectivity index (χ1) is 7.06. The maximum absolute atomic E-state index is 10.8. The molecule has 2 atom stereocenters. The van der Waals surface area contributed by atoms with Gasteiger partial charge in [-0.15, -0.1) is 0 Å². The highest BCUT2D eigenvalue weighted by Crippen LogP contribution is 2.24. The van der Waals surface area contributed by atoms with Crippen molar-refractivity contribution in [3.05, 3.63) is 28.5 Å². The molecule has 0 aliphatic rings. The zero-order valence-corrected chi connectivity index (χ0v) is 9.81. The molecule has 0 aliphatic carbocycles. The van der Waals surface area contributed by atoms with Gasteiger partial charge in [-0.1, -0.05) is 6.92 Å². The maximum Gasteiger partial charge on any atom is 0.309 e.